The normalized spacial score (nSPS) is 14.0. The average molecular weight is 563 g/mol. The van der Waals surface area contributed by atoms with Crippen LogP contribution in [-0.2, 0) is 11.3 Å². The number of phenols is 1. The van der Waals surface area contributed by atoms with E-state index >= 15 is 0 Å². The Balaban J connectivity index is 1.54. The molecule has 2 aromatic carbocycles. The molecular formula is C21H21Br2N7O2. The minimum Gasteiger partial charge on any atom is -0.506 e. The van der Waals surface area contributed by atoms with Crippen molar-refractivity contribution in [3.05, 3.63) is 62.5 Å². The second kappa shape index (κ2) is 10.7. The minimum absolute atomic E-state index is 0.0913. The Morgan fingerprint density at radius 1 is 1.06 bits per heavy atom. The van der Waals surface area contributed by atoms with Gasteiger partial charge in [0.1, 0.15) is 5.75 Å². The van der Waals surface area contributed by atoms with Crippen LogP contribution in [0.5, 0.6) is 5.75 Å². The van der Waals surface area contributed by atoms with Crippen LogP contribution in [-0.4, -0.2) is 52.6 Å². The number of hydrogen-bond acceptors (Lipinski definition) is 9. The van der Waals surface area contributed by atoms with Gasteiger partial charge in [0, 0.05) is 29.7 Å². The largest absolute Gasteiger partial charge is 0.506 e. The number of rotatable bonds is 7. The van der Waals surface area contributed by atoms with E-state index in [0.717, 1.165) is 10.0 Å². The number of nitrogens with zero attached hydrogens (tertiary/aromatic N) is 5. The standard InChI is InChI=1S/C21H21Br2N7O2/c22-16-10-15(18(31)17(23)11-16)13-25-29-20-26-19(24-12-14-4-2-1-3-5-14)27-21(28-20)30-6-8-32-9-7-30/h1-5,10-11,13,31H,6-9,12H2,(H2,24,26,27,28,29)/b25-13-. The van der Waals surface area contributed by atoms with Gasteiger partial charge in [-0.05, 0) is 33.6 Å². The van der Waals surface area contributed by atoms with Crippen LogP contribution in [0.4, 0.5) is 17.8 Å². The van der Waals surface area contributed by atoms with Gasteiger partial charge in [-0.3, -0.25) is 0 Å². The minimum atomic E-state index is 0.0913. The number of hydrogen-bond donors (Lipinski definition) is 3. The predicted molar refractivity (Wildman–Crippen MR) is 131 cm³/mol. The summed E-state index contributed by atoms with van der Waals surface area (Å²) in [6.45, 7) is 3.22. The Morgan fingerprint density at radius 2 is 1.81 bits per heavy atom. The molecule has 3 N–H and O–H groups in total. The van der Waals surface area contributed by atoms with E-state index in [1.54, 1.807) is 12.1 Å². The molecule has 1 aromatic heterocycles. The van der Waals surface area contributed by atoms with Crippen LogP contribution in [0, 0.1) is 0 Å². The van der Waals surface area contributed by atoms with E-state index in [9.17, 15) is 5.11 Å². The number of phenolic OH excluding ortho intramolecular Hbond substituents is 1. The molecule has 2 heterocycles. The first-order valence-corrected chi connectivity index (χ1v) is 11.5. The average Bonchev–Trinajstić information content (AvgIpc) is 2.82. The topological polar surface area (TPSA) is 108 Å². The van der Waals surface area contributed by atoms with E-state index in [0.29, 0.717) is 60.7 Å². The second-order valence-electron chi connectivity index (χ2n) is 6.92. The van der Waals surface area contributed by atoms with Crippen molar-refractivity contribution in [2.75, 3.05) is 41.9 Å². The van der Waals surface area contributed by atoms with Crippen LogP contribution in [0.25, 0.3) is 0 Å². The summed E-state index contributed by atoms with van der Waals surface area (Å²) in [6, 6.07) is 13.5. The first-order chi connectivity index (χ1) is 15.6. The number of ether oxygens (including phenoxy) is 1. The molecule has 0 amide bonds. The molecule has 0 bridgehead atoms. The molecular weight excluding hydrogens is 542 g/mol. The van der Waals surface area contributed by atoms with Gasteiger partial charge >= 0.3 is 0 Å². The lowest BCUT2D eigenvalue weighted by atomic mass is 10.2. The Hall–Kier alpha value is -2.76. The Morgan fingerprint density at radius 3 is 2.59 bits per heavy atom. The number of aromatic hydroxyl groups is 1. The van der Waals surface area contributed by atoms with Crippen LogP contribution in [0.2, 0.25) is 0 Å². The highest BCUT2D eigenvalue weighted by atomic mass is 79.9. The van der Waals surface area contributed by atoms with Gasteiger partial charge in [0.2, 0.25) is 17.8 Å². The zero-order valence-electron chi connectivity index (χ0n) is 17.0. The number of aromatic nitrogens is 3. The summed E-state index contributed by atoms with van der Waals surface area (Å²) in [7, 11) is 0. The zero-order valence-corrected chi connectivity index (χ0v) is 20.2. The Labute approximate surface area is 202 Å². The molecule has 0 radical (unpaired) electrons. The quantitative estimate of drug-likeness (QED) is 0.293. The molecule has 32 heavy (non-hydrogen) atoms. The summed E-state index contributed by atoms with van der Waals surface area (Å²) >= 11 is 6.72. The van der Waals surface area contributed by atoms with Gasteiger partial charge < -0.3 is 20.1 Å². The van der Waals surface area contributed by atoms with Crippen molar-refractivity contribution in [3.63, 3.8) is 0 Å². The maximum Gasteiger partial charge on any atom is 0.250 e. The van der Waals surface area contributed by atoms with Crippen molar-refractivity contribution in [1.29, 1.82) is 0 Å². The highest BCUT2D eigenvalue weighted by Crippen LogP contribution is 2.30. The van der Waals surface area contributed by atoms with E-state index in [1.807, 2.05) is 35.2 Å². The zero-order chi connectivity index (χ0) is 22.3. The molecule has 1 aliphatic rings. The molecule has 3 aromatic rings. The maximum absolute atomic E-state index is 10.2. The van der Waals surface area contributed by atoms with Gasteiger partial charge in [-0.1, -0.05) is 46.3 Å². The molecule has 0 spiro atoms. The van der Waals surface area contributed by atoms with Crippen molar-refractivity contribution >= 4 is 55.9 Å². The van der Waals surface area contributed by atoms with Gasteiger partial charge in [0.15, 0.2) is 0 Å². The summed E-state index contributed by atoms with van der Waals surface area (Å²) in [6.07, 6.45) is 1.50. The van der Waals surface area contributed by atoms with E-state index in [2.05, 4.69) is 62.7 Å². The van der Waals surface area contributed by atoms with Gasteiger partial charge in [0.25, 0.3) is 0 Å². The lowest BCUT2D eigenvalue weighted by Crippen LogP contribution is -2.37. The number of halogens is 2. The highest BCUT2D eigenvalue weighted by Gasteiger charge is 2.16. The molecule has 9 nitrogen and oxygen atoms in total. The summed E-state index contributed by atoms with van der Waals surface area (Å²) < 4.78 is 6.81. The highest BCUT2D eigenvalue weighted by molar-refractivity contribution is 9.11. The maximum atomic E-state index is 10.2. The Kier molecular flexibility index (Phi) is 7.51. The third-order valence-corrected chi connectivity index (χ3v) is 5.70. The first kappa shape index (κ1) is 22.4. The molecule has 1 saturated heterocycles. The van der Waals surface area contributed by atoms with Crippen LogP contribution >= 0.6 is 31.9 Å². The summed E-state index contributed by atoms with van der Waals surface area (Å²) in [5, 5.41) is 17.6. The summed E-state index contributed by atoms with van der Waals surface area (Å²) in [4.78, 5) is 15.6. The lowest BCUT2D eigenvalue weighted by Gasteiger charge is -2.27. The van der Waals surface area contributed by atoms with E-state index < -0.39 is 0 Å². The van der Waals surface area contributed by atoms with Crippen molar-refractivity contribution in [1.82, 2.24) is 15.0 Å². The fraction of sp³-hybridized carbons (Fsp3) is 0.238. The molecule has 0 atom stereocenters. The Bertz CT molecular complexity index is 1090. The molecule has 0 aliphatic carbocycles. The molecule has 11 heteroatoms. The molecule has 1 fully saturated rings. The third kappa shape index (κ3) is 5.93. The number of morpholine rings is 1. The van der Waals surface area contributed by atoms with Crippen molar-refractivity contribution in [2.24, 2.45) is 5.10 Å². The van der Waals surface area contributed by atoms with Crippen molar-refractivity contribution < 1.29 is 9.84 Å². The van der Waals surface area contributed by atoms with E-state index in [1.165, 1.54) is 6.21 Å². The van der Waals surface area contributed by atoms with E-state index in [4.69, 9.17) is 4.74 Å². The van der Waals surface area contributed by atoms with Crippen molar-refractivity contribution in [2.45, 2.75) is 6.54 Å². The molecule has 0 unspecified atom stereocenters. The second-order valence-corrected chi connectivity index (χ2v) is 8.69. The van der Waals surface area contributed by atoms with Crippen LogP contribution in [0.3, 0.4) is 0 Å². The molecule has 4 rings (SSSR count). The SMILES string of the molecule is Oc1c(Br)cc(Br)cc1/C=N\Nc1nc(NCc2ccccc2)nc(N2CCOCC2)n1. The van der Waals surface area contributed by atoms with Crippen LogP contribution in [0.15, 0.2) is 56.5 Å². The number of nitrogens with one attached hydrogen (secondary N) is 2. The third-order valence-electron chi connectivity index (χ3n) is 4.64. The summed E-state index contributed by atoms with van der Waals surface area (Å²) in [5.41, 5.74) is 4.49. The van der Waals surface area contributed by atoms with Crippen molar-refractivity contribution in [3.8, 4) is 5.75 Å². The first-order valence-electron chi connectivity index (χ1n) is 9.92. The lowest BCUT2D eigenvalue weighted by molar-refractivity contribution is 0.122. The fourth-order valence-corrected chi connectivity index (χ4v) is 4.28. The fourth-order valence-electron chi connectivity index (χ4n) is 3.02. The molecule has 1 aliphatic heterocycles. The number of benzene rings is 2. The smallest absolute Gasteiger partial charge is 0.250 e. The monoisotopic (exact) mass is 561 g/mol. The van der Waals surface area contributed by atoms with Crippen LogP contribution < -0.4 is 15.6 Å². The number of anilines is 3. The van der Waals surface area contributed by atoms with Gasteiger partial charge in [0.05, 0.1) is 23.9 Å². The van der Waals surface area contributed by atoms with E-state index in [-0.39, 0.29) is 5.75 Å². The van der Waals surface area contributed by atoms with Gasteiger partial charge in [-0.15, -0.1) is 0 Å². The van der Waals surface area contributed by atoms with Crippen LogP contribution in [0.1, 0.15) is 11.1 Å². The predicted octanol–water partition coefficient (Wildman–Crippen LogP) is 4.00. The summed E-state index contributed by atoms with van der Waals surface area (Å²) in [5.74, 6) is 1.37. The number of hydrazone groups is 1. The molecule has 166 valence electrons. The van der Waals surface area contributed by atoms with Gasteiger partial charge in [-0.2, -0.15) is 20.1 Å². The molecule has 0 saturated carbocycles. The van der Waals surface area contributed by atoms with Gasteiger partial charge in [-0.25, -0.2) is 5.43 Å².